The Morgan fingerprint density at radius 3 is 2.52 bits per heavy atom. The minimum absolute atomic E-state index is 0.0452. The molecule has 0 saturated carbocycles. The zero-order valence-corrected chi connectivity index (χ0v) is 17.2. The molecule has 5 heteroatoms. The fourth-order valence-electron chi connectivity index (χ4n) is 3.60. The van der Waals surface area contributed by atoms with Crippen LogP contribution in [-0.4, -0.2) is 42.2 Å². The van der Waals surface area contributed by atoms with Crippen LogP contribution < -0.4 is 5.32 Å². The van der Waals surface area contributed by atoms with Crippen LogP contribution in [0.5, 0.6) is 0 Å². The summed E-state index contributed by atoms with van der Waals surface area (Å²) in [6.07, 6.45) is 3.18. The molecule has 1 N–H and O–H groups in total. The molecule has 1 aromatic rings. The maximum Gasteiger partial charge on any atom is 0.233 e. The molecule has 1 saturated heterocycles. The fraction of sp³-hybridized carbons (Fsp3) is 0.650. The van der Waals surface area contributed by atoms with E-state index < -0.39 is 0 Å². The van der Waals surface area contributed by atoms with Crippen molar-refractivity contribution < 1.29 is 4.79 Å². The number of nitrogens with zero attached hydrogens (tertiary/aromatic N) is 1. The Bertz CT molecular complexity index is 527. The van der Waals surface area contributed by atoms with Gasteiger partial charge in [0.2, 0.25) is 5.91 Å². The maximum atomic E-state index is 12.4. The summed E-state index contributed by atoms with van der Waals surface area (Å²) in [5, 5.41) is 3.79. The van der Waals surface area contributed by atoms with E-state index in [1.54, 1.807) is 11.8 Å². The molecular formula is C20H31ClN2OS. The van der Waals surface area contributed by atoms with E-state index in [-0.39, 0.29) is 11.2 Å². The van der Waals surface area contributed by atoms with E-state index >= 15 is 0 Å². The first-order valence-electron chi connectivity index (χ1n) is 9.40. The van der Waals surface area contributed by atoms with Crippen LogP contribution in [0.2, 0.25) is 5.02 Å². The molecule has 1 fully saturated rings. The van der Waals surface area contributed by atoms with Crippen LogP contribution in [0.1, 0.15) is 40.0 Å². The summed E-state index contributed by atoms with van der Waals surface area (Å²) < 4.78 is 0. The van der Waals surface area contributed by atoms with Crippen LogP contribution in [0.4, 0.5) is 0 Å². The third-order valence-corrected chi connectivity index (χ3v) is 6.28. The quantitative estimate of drug-likeness (QED) is 0.522. The third kappa shape index (κ3) is 7.20. The summed E-state index contributed by atoms with van der Waals surface area (Å²) in [6.45, 7) is 11.0. The Labute approximate surface area is 161 Å². The molecule has 3 atom stereocenters. The number of hydrogen-bond acceptors (Lipinski definition) is 3. The molecule has 25 heavy (non-hydrogen) atoms. The molecule has 0 spiro atoms. The number of carbonyl (C=O) groups excluding carboxylic acids is 1. The highest BCUT2D eigenvalue weighted by Crippen LogP contribution is 2.26. The van der Waals surface area contributed by atoms with E-state index in [0.717, 1.165) is 47.7 Å². The molecule has 0 radical (unpaired) electrons. The number of piperidine rings is 1. The third-order valence-electron chi connectivity index (χ3n) is 4.65. The molecule has 1 aliphatic rings. The average Bonchev–Trinajstić information content (AvgIpc) is 2.57. The number of thioether (sulfide) groups is 1. The zero-order chi connectivity index (χ0) is 18.2. The normalized spacial score (nSPS) is 22.6. The lowest BCUT2D eigenvalue weighted by atomic mass is 9.92. The Morgan fingerprint density at radius 2 is 1.92 bits per heavy atom. The predicted molar refractivity (Wildman–Crippen MR) is 108 cm³/mol. The number of benzene rings is 1. The van der Waals surface area contributed by atoms with Crippen LogP contribution in [-0.2, 0) is 4.79 Å². The summed E-state index contributed by atoms with van der Waals surface area (Å²) in [7, 11) is 0. The molecule has 1 heterocycles. The first-order valence-corrected chi connectivity index (χ1v) is 10.7. The lowest BCUT2D eigenvalue weighted by Gasteiger charge is -2.35. The van der Waals surface area contributed by atoms with Gasteiger partial charge in [-0.2, -0.15) is 0 Å². The van der Waals surface area contributed by atoms with Gasteiger partial charge in [0.15, 0.2) is 0 Å². The van der Waals surface area contributed by atoms with Crippen molar-refractivity contribution in [1.29, 1.82) is 0 Å². The average molecular weight is 383 g/mol. The van der Waals surface area contributed by atoms with Gasteiger partial charge in [-0.05, 0) is 61.9 Å². The molecule has 0 aliphatic carbocycles. The van der Waals surface area contributed by atoms with E-state index in [1.165, 1.54) is 19.5 Å². The largest absolute Gasteiger partial charge is 0.355 e. The van der Waals surface area contributed by atoms with Crippen LogP contribution in [0.3, 0.4) is 0 Å². The van der Waals surface area contributed by atoms with Crippen molar-refractivity contribution in [3.63, 3.8) is 0 Å². The van der Waals surface area contributed by atoms with Crippen molar-refractivity contribution in [2.45, 2.75) is 50.2 Å². The molecular weight excluding hydrogens is 352 g/mol. The first-order chi connectivity index (χ1) is 12.0. The Hall–Kier alpha value is -0.710. The van der Waals surface area contributed by atoms with E-state index in [1.807, 2.05) is 24.3 Å². The highest BCUT2D eigenvalue weighted by molar-refractivity contribution is 8.00. The molecule has 1 aromatic carbocycles. The highest BCUT2D eigenvalue weighted by Gasteiger charge is 2.21. The summed E-state index contributed by atoms with van der Waals surface area (Å²) in [5.41, 5.74) is 0. The lowest BCUT2D eigenvalue weighted by Crippen LogP contribution is -2.40. The molecule has 0 aromatic heterocycles. The Morgan fingerprint density at radius 1 is 1.28 bits per heavy atom. The smallest absolute Gasteiger partial charge is 0.233 e. The standard InChI is InChI=1S/C20H31ClN2OS/c1-4-19(25-18-8-6-17(21)7-9-18)20(24)22-10-5-11-23-13-15(2)12-16(3)14-23/h6-9,15-16,19H,4-5,10-14H2,1-3H3,(H,22,24)/t15-,16-,19-/m1/s1. The summed E-state index contributed by atoms with van der Waals surface area (Å²) >= 11 is 7.53. The van der Waals surface area contributed by atoms with E-state index in [2.05, 4.69) is 31.0 Å². The second-order valence-corrected chi connectivity index (χ2v) is 9.03. The highest BCUT2D eigenvalue weighted by atomic mass is 35.5. The molecule has 1 amide bonds. The number of carbonyl (C=O) groups is 1. The summed E-state index contributed by atoms with van der Waals surface area (Å²) in [5.74, 6) is 1.72. The predicted octanol–water partition coefficient (Wildman–Crippen LogP) is 4.69. The Kier molecular flexibility index (Phi) is 8.60. The van der Waals surface area contributed by atoms with E-state index in [9.17, 15) is 4.79 Å². The van der Waals surface area contributed by atoms with Crippen molar-refractivity contribution in [2.24, 2.45) is 11.8 Å². The number of hydrogen-bond donors (Lipinski definition) is 1. The number of nitrogens with one attached hydrogen (secondary N) is 1. The van der Waals surface area contributed by atoms with Gasteiger partial charge in [0.05, 0.1) is 5.25 Å². The Balaban J connectivity index is 1.70. The number of halogens is 1. The lowest BCUT2D eigenvalue weighted by molar-refractivity contribution is -0.120. The van der Waals surface area contributed by atoms with Crippen molar-refractivity contribution in [2.75, 3.05) is 26.2 Å². The van der Waals surface area contributed by atoms with Gasteiger partial charge in [-0.1, -0.05) is 32.4 Å². The second kappa shape index (κ2) is 10.4. The van der Waals surface area contributed by atoms with E-state index in [0.29, 0.717) is 0 Å². The summed E-state index contributed by atoms with van der Waals surface area (Å²) in [6, 6.07) is 7.69. The van der Waals surface area contributed by atoms with Gasteiger partial charge in [0.1, 0.15) is 0 Å². The number of rotatable bonds is 8. The molecule has 2 rings (SSSR count). The van der Waals surface area contributed by atoms with Crippen molar-refractivity contribution in [3.8, 4) is 0 Å². The fourth-order valence-corrected chi connectivity index (χ4v) is 4.71. The van der Waals surface area contributed by atoms with Gasteiger partial charge in [0.25, 0.3) is 0 Å². The van der Waals surface area contributed by atoms with Crippen LogP contribution in [0, 0.1) is 11.8 Å². The van der Waals surface area contributed by atoms with Crippen LogP contribution >= 0.6 is 23.4 Å². The monoisotopic (exact) mass is 382 g/mol. The van der Waals surface area contributed by atoms with Gasteiger partial charge in [-0.3, -0.25) is 4.79 Å². The van der Waals surface area contributed by atoms with Crippen molar-refractivity contribution in [3.05, 3.63) is 29.3 Å². The summed E-state index contributed by atoms with van der Waals surface area (Å²) in [4.78, 5) is 16.1. The van der Waals surface area contributed by atoms with Crippen molar-refractivity contribution in [1.82, 2.24) is 10.2 Å². The first kappa shape index (κ1) is 20.6. The SMILES string of the molecule is CC[C@@H](Sc1ccc(Cl)cc1)C(=O)NCCCN1C[C@H](C)C[C@@H](C)C1. The molecule has 3 nitrogen and oxygen atoms in total. The van der Waals surface area contributed by atoms with Gasteiger partial charge in [-0.15, -0.1) is 11.8 Å². The minimum Gasteiger partial charge on any atom is -0.355 e. The molecule has 0 unspecified atom stereocenters. The second-order valence-electron chi connectivity index (χ2n) is 7.32. The van der Waals surface area contributed by atoms with Gasteiger partial charge < -0.3 is 10.2 Å². The van der Waals surface area contributed by atoms with Crippen LogP contribution in [0.25, 0.3) is 0 Å². The van der Waals surface area contributed by atoms with Crippen molar-refractivity contribution >= 4 is 29.3 Å². The van der Waals surface area contributed by atoms with Gasteiger partial charge in [-0.25, -0.2) is 0 Å². The molecule has 0 bridgehead atoms. The van der Waals surface area contributed by atoms with E-state index in [4.69, 9.17) is 11.6 Å². The maximum absolute atomic E-state index is 12.4. The zero-order valence-electron chi connectivity index (χ0n) is 15.6. The number of likely N-dealkylation sites (tertiary alicyclic amines) is 1. The van der Waals surface area contributed by atoms with Gasteiger partial charge in [0, 0.05) is 29.6 Å². The number of amides is 1. The molecule has 1 aliphatic heterocycles. The van der Waals surface area contributed by atoms with Gasteiger partial charge >= 0.3 is 0 Å². The topological polar surface area (TPSA) is 32.3 Å². The minimum atomic E-state index is -0.0452. The van der Waals surface area contributed by atoms with Crippen LogP contribution in [0.15, 0.2) is 29.2 Å². The molecule has 140 valence electrons.